The van der Waals surface area contributed by atoms with Crippen LogP contribution in [0.15, 0.2) is 39.8 Å². The Labute approximate surface area is 258 Å². The third kappa shape index (κ3) is 6.24. The number of aryl methyl sites for hydroxylation is 1. The Morgan fingerprint density at radius 2 is 2.05 bits per heavy atom. The fourth-order valence-electron chi connectivity index (χ4n) is 5.58. The van der Waals surface area contributed by atoms with E-state index in [2.05, 4.69) is 15.2 Å². The van der Waals surface area contributed by atoms with Crippen LogP contribution in [0.2, 0.25) is 5.02 Å². The van der Waals surface area contributed by atoms with Crippen LogP contribution in [-0.2, 0) is 14.3 Å². The number of thiazole rings is 1. The number of piperazine rings is 1. The summed E-state index contributed by atoms with van der Waals surface area (Å²) in [5.41, 5.74) is 0.818. The Morgan fingerprint density at radius 3 is 2.72 bits per heavy atom. The van der Waals surface area contributed by atoms with Crippen LogP contribution in [0.1, 0.15) is 43.1 Å². The summed E-state index contributed by atoms with van der Waals surface area (Å²) in [6.07, 6.45) is 0. The summed E-state index contributed by atoms with van der Waals surface area (Å²) in [5, 5.41) is 15.3. The smallest absolute Gasteiger partial charge is 0.338 e. The van der Waals surface area contributed by atoms with E-state index < -0.39 is 29.2 Å². The van der Waals surface area contributed by atoms with Gasteiger partial charge in [-0.15, -0.1) is 11.3 Å². The Balaban J connectivity index is 1.47. The minimum absolute atomic E-state index is 0.108. The molecule has 1 aromatic heterocycles. The molecule has 0 saturated carbocycles. The zero-order valence-electron chi connectivity index (χ0n) is 24.4. The maximum Gasteiger partial charge on any atom is 0.338 e. The molecule has 0 aliphatic carbocycles. The fraction of sp³-hybridized carbons (Fsp3) is 0.483. The number of hydrogen-bond donors (Lipinski definition) is 2. The maximum atomic E-state index is 14.6. The number of nitrogens with zero attached hydrogens (tertiary/aromatic N) is 5. The first-order valence-electron chi connectivity index (χ1n) is 14.0. The number of halogens is 2. The number of aliphatic imine (C=N–C) groups is 1. The van der Waals surface area contributed by atoms with Crippen LogP contribution < -0.4 is 5.32 Å². The molecule has 0 spiro atoms. The molecule has 14 heteroatoms. The van der Waals surface area contributed by atoms with Crippen LogP contribution in [0, 0.1) is 18.2 Å². The number of aromatic nitrogens is 1. The molecular weight excluding hydrogens is 599 g/mol. The van der Waals surface area contributed by atoms with Gasteiger partial charge in [0, 0.05) is 61.6 Å². The number of amidine groups is 1. The molecule has 43 heavy (non-hydrogen) atoms. The summed E-state index contributed by atoms with van der Waals surface area (Å²) < 4.78 is 20.1. The molecule has 11 nitrogen and oxygen atoms in total. The number of esters is 1. The van der Waals surface area contributed by atoms with Crippen LogP contribution in [0.25, 0.3) is 0 Å². The number of carboxylic acids is 1. The van der Waals surface area contributed by atoms with Crippen molar-refractivity contribution in [3.8, 4) is 0 Å². The molecule has 2 amide bonds. The van der Waals surface area contributed by atoms with E-state index in [4.69, 9.17) is 21.3 Å². The van der Waals surface area contributed by atoms with E-state index in [9.17, 15) is 23.9 Å². The van der Waals surface area contributed by atoms with E-state index in [0.29, 0.717) is 54.8 Å². The lowest BCUT2D eigenvalue weighted by atomic mass is 9.93. The highest BCUT2D eigenvalue weighted by molar-refractivity contribution is 7.11. The molecule has 2 aromatic rings. The number of aliphatic carboxylic acids is 1. The van der Waals surface area contributed by atoms with Gasteiger partial charge in [0.1, 0.15) is 11.9 Å². The van der Waals surface area contributed by atoms with Crippen LogP contribution in [0.4, 0.5) is 9.18 Å². The second kappa shape index (κ2) is 12.2. The number of carbonyl (C=O) groups excluding carboxylic acids is 2. The van der Waals surface area contributed by atoms with E-state index in [-0.39, 0.29) is 35.8 Å². The largest absolute Gasteiger partial charge is 0.481 e. The summed E-state index contributed by atoms with van der Waals surface area (Å²) >= 11 is 7.82. The van der Waals surface area contributed by atoms with Gasteiger partial charge in [0.15, 0.2) is 10.8 Å². The average Bonchev–Trinajstić information content (AvgIpc) is 3.52. The average molecular weight is 633 g/mol. The maximum absolute atomic E-state index is 14.6. The quantitative estimate of drug-likeness (QED) is 0.401. The number of urea groups is 1. The molecule has 0 unspecified atom stereocenters. The number of nitrogens with one attached hydrogen (secondary N) is 1. The van der Waals surface area contributed by atoms with Gasteiger partial charge in [-0.1, -0.05) is 23.7 Å². The van der Waals surface area contributed by atoms with Crippen LogP contribution in [-0.4, -0.2) is 101 Å². The van der Waals surface area contributed by atoms with Gasteiger partial charge in [-0.3, -0.25) is 14.7 Å². The second-order valence-corrected chi connectivity index (χ2v) is 12.7. The third-order valence-electron chi connectivity index (χ3n) is 7.78. The lowest BCUT2D eigenvalue weighted by Crippen LogP contribution is -2.53. The molecule has 0 bridgehead atoms. The number of rotatable bonds is 9. The zero-order valence-corrected chi connectivity index (χ0v) is 26.0. The van der Waals surface area contributed by atoms with Crippen molar-refractivity contribution < 1.29 is 28.6 Å². The highest BCUT2D eigenvalue weighted by atomic mass is 35.5. The topological polar surface area (TPSA) is 128 Å². The van der Waals surface area contributed by atoms with Gasteiger partial charge in [0.05, 0.1) is 28.7 Å². The molecule has 5 rings (SSSR count). The standard InChI is InChI=1S/C29H34ClFN6O5S/c1-5-42-26(38)21-20(13-35-9-10-37-17(11-35)12-36(28(37)41)15-29(3,4)27(39)40)33-24(25-32-16(2)14-43-25)34-23(21)18-7-6-8-19(31)22(18)30/h6-8,14,17,23H,5,9-13,15H2,1-4H3,(H,33,34)(H,39,40)/t17-,23-/m0/s1. The second-order valence-electron chi connectivity index (χ2n) is 11.5. The van der Waals surface area contributed by atoms with Gasteiger partial charge in [-0.05, 0) is 33.8 Å². The number of benzene rings is 1. The number of hydrogen-bond acceptors (Lipinski definition) is 9. The Morgan fingerprint density at radius 1 is 1.28 bits per heavy atom. The molecule has 3 aliphatic heterocycles. The minimum Gasteiger partial charge on any atom is -0.481 e. The van der Waals surface area contributed by atoms with Crippen molar-refractivity contribution in [1.29, 1.82) is 0 Å². The summed E-state index contributed by atoms with van der Waals surface area (Å²) in [5.74, 6) is -1.75. The van der Waals surface area contributed by atoms with Gasteiger partial charge in [-0.2, -0.15) is 0 Å². The molecule has 4 heterocycles. The van der Waals surface area contributed by atoms with E-state index >= 15 is 0 Å². The highest BCUT2D eigenvalue weighted by Gasteiger charge is 2.44. The predicted octanol–water partition coefficient (Wildman–Crippen LogP) is 3.68. The third-order valence-corrected chi connectivity index (χ3v) is 9.15. The van der Waals surface area contributed by atoms with Crippen molar-refractivity contribution in [2.24, 2.45) is 10.4 Å². The Hall–Kier alpha value is -3.55. The van der Waals surface area contributed by atoms with Crippen LogP contribution in [0.3, 0.4) is 0 Å². The van der Waals surface area contributed by atoms with Crippen molar-refractivity contribution >= 4 is 46.7 Å². The number of fused-ring (bicyclic) bond motifs is 1. The van der Waals surface area contributed by atoms with Gasteiger partial charge in [-0.25, -0.2) is 19.0 Å². The first-order valence-corrected chi connectivity index (χ1v) is 15.3. The van der Waals surface area contributed by atoms with Crippen LogP contribution >= 0.6 is 22.9 Å². The molecule has 2 atom stereocenters. The Kier molecular flexibility index (Phi) is 8.77. The molecular formula is C29H34ClFN6O5S. The summed E-state index contributed by atoms with van der Waals surface area (Å²) in [6, 6.07) is 3.15. The van der Waals surface area contributed by atoms with Gasteiger partial charge < -0.3 is 25.0 Å². The molecule has 1 aromatic carbocycles. The predicted molar refractivity (Wildman–Crippen MR) is 160 cm³/mol. The van der Waals surface area contributed by atoms with Crippen molar-refractivity contribution in [1.82, 2.24) is 25.0 Å². The number of carboxylic acid groups (broad SMARTS) is 1. The Bertz CT molecular complexity index is 1510. The van der Waals surface area contributed by atoms with E-state index in [1.165, 1.54) is 23.5 Å². The summed E-state index contributed by atoms with van der Waals surface area (Å²) in [7, 11) is 0. The van der Waals surface area contributed by atoms with Gasteiger partial charge >= 0.3 is 18.0 Å². The molecule has 2 N–H and O–H groups in total. The normalized spacial score (nSPS) is 21.1. The van der Waals surface area contributed by atoms with Crippen molar-refractivity contribution in [2.75, 3.05) is 45.9 Å². The molecule has 2 fully saturated rings. The molecule has 3 aliphatic rings. The van der Waals surface area contributed by atoms with E-state index in [1.54, 1.807) is 36.6 Å². The first kappa shape index (κ1) is 30.9. The first-order chi connectivity index (χ1) is 20.4. The van der Waals surface area contributed by atoms with E-state index in [1.807, 2.05) is 12.3 Å². The van der Waals surface area contributed by atoms with Crippen molar-refractivity contribution in [3.05, 3.63) is 62.0 Å². The number of carbonyl (C=O) groups is 3. The number of amides is 2. The number of ether oxygens (including phenoxy) is 1. The summed E-state index contributed by atoms with van der Waals surface area (Å²) in [6.45, 7) is 9.19. The monoisotopic (exact) mass is 632 g/mol. The van der Waals surface area contributed by atoms with Crippen LogP contribution in [0.5, 0.6) is 0 Å². The molecule has 230 valence electrons. The lowest BCUT2D eigenvalue weighted by Gasteiger charge is -2.38. The minimum atomic E-state index is -1.08. The summed E-state index contributed by atoms with van der Waals surface area (Å²) in [4.78, 5) is 53.1. The van der Waals surface area contributed by atoms with Gasteiger partial charge in [0.2, 0.25) is 0 Å². The lowest BCUT2D eigenvalue weighted by molar-refractivity contribution is -0.147. The SMILES string of the molecule is CCOC(=O)C1=C(CN2CCN3C(=O)N(CC(C)(C)C(=O)O)C[C@@H]3C2)NC(c2nc(C)cs2)=N[C@H]1c1cccc(F)c1Cl. The fourth-order valence-corrected chi connectivity index (χ4v) is 6.56. The van der Waals surface area contributed by atoms with Gasteiger partial charge in [0.25, 0.3) is 0 Å². The van der Waals surface area contributed by atoms with E-state index in [0.717, 1.165) is 5.69 Å². The van der Waals surface area contributed by atoms with Crippen molar-refractivity contribution in [2.45, 2.75) is 39.8 Å². The molecule has 0 radical (unpaired) electrons. The van der Waals surface area contributed by atoms with Crippen molar-refractivity contribution in [3.63, 3.8) is 0 Å². The zero-order chi connectivity index (χ0) is 31.1. The highest BCUT2D eigenvalue weighted by Crippen LogP contribution is 2.38. The molecule has 2 saturated heterocycles.